The molecule has 0 fully saturated rings. The Labute approximate surface area is 118 Å². The van der Waals surface area contributed by atoms with E-state index in [9.17, 15) is 4.79 Å². The lowest BCUT2D eigenvalue weighted by molar-refractivity contribution is 0.112. The van der Waals surface area contributed by atoms with Crippen molar-refractivity contribution in [3.8, 4) is 11.3 Å². The van der Waals surface area contributed by atoms with Crippen LogP contribution in [0.2, 0.25) is 10.0 Å². The highest BCUT2D eigenvalue weighted by molar-refractivity contribution is 6.42. The van der Waals surface area contributed by atoms with Gasteiger partial charge in [0, 0.05) is 18.0 Å². The second-order valence-electron chi connectivity index (χ2n) is 3.90. The molecule has 0 N–H and O–H groups in total. The number of aromatic nitrogens is 3. The third kappa shape index (κ3) is 1.99. The first-order chi connectivity index (χ1) is 9.20. The summed E-state index contributed by atoms with van der Waals surface area (Å²) in [7, 11) is 0. The number of nitrogens with zero attached hydrogens (tertiary/aromatic N) is 3. The van der Waals surface area contributed by atoms with E-state index < -0.39 is 0 Å². The number of halogens is 2. The van der Waals surface area contributed by atoms with Crippen molar-refractivity contribution in [3.05, 3.63) is 52.3 Å². The van der Waals surface area contributed by atoms with Crippen molar-refractivity contribution in [2.24, 2.45) is 0 Å². The highest BCUT2D eigenvalue weighted by Crippen LogP contribution is 2.30. The van der Waals surface area contributed by atoms with E-state index in [1.165, 1.54) is 0 Å². The molecule has 1 aromatic carbocycles. The summed E-state index contributed by atoms with van der Waals surface area (Å²) in [5.41, 5.74) is 2.20. The third-order valence-electron chi connectivity index (χ3n) is 2.74. The van der Waals surface area contributed by atoms with E-state index in [2.05, 4.69) is 10.1 Å². The van der Waals surface area contributed by atoms with Crippen molar-refractivity contribution in [1.82, 2.24) is 14.6 Å². The SMILES string of the molecule is O=Cc1c(-c2ccc(Cl)c(Cl)c2)nn2cccnc12. The average Bonchev–Trinajstić information content (AvgIpc) is 2.80. The number of carbonyl (C=O) groups excluding carboxylic acids is 1. The standard InChI is InChI=1S/C13H7Cl2N3O/c14-10-3-2-8(6-11(10)15)12-9(7-19)13-16-4-1-5-18(13)17-12/h1-7H. The Bertz CT molecular complexity index is 783. The van der Waals surface area contributed by atoms with E-state index in [-0.39, 0.29) is 0 Å². The number of aldehydes is 1. The van der Waals surface area contributed by atoms with Gasteiger partial charge in [-0.2, -0.15) is 5.10 Å². The minimum Gasteiger partial charge on any atom is -0.298 e. The summed E-state index contributed by atoms with van der Waals surface area (Å²) < 4.78 is 1.56. The third-order valence-corrected chi connectivity index (χ3v) is 3.48. The van der Waals surface area contributed by atoms with Crippen molar-refractivity contribution in [3.63, 3.8) is 0 Å². The van der Waals surface area contributed by atoms with E-state index in [1.807, 2.05) is 0 Å². The molecule has 4 nitrogen and oxygen atoms in total. The molecule has 6 heteroatoms. The second-order valence-corrected chi connectivity index (χ2v) is 4.71. The number of fused-ring (bicyclic) bond motifs is 1. The first-order valence-corrected chi connectivity index (χ1v) is 6.20. The summed E-state index contributed by atoms with van der Waals surface area (Å²) in [4.78, 5) is 15.4. The van der Waals surface area contributed by atoms with Crippen LogP contribution in [0.1, 0.15) is 10.4 Å². The van der Waals surface area contributed by atoms with E-state index in [0.29, 0.717) is 26.9 Å². The van der Waals surface area contributed by atoms with Crippen LogP contribution < -0.4 is 0 Å². The zero-order valence-electron chi connectivity index (χ0n) is 9.55. The quantitative estimate of drug-likeness (QED) is 0.679. The molecule has 94 valence electrons. The maximum atomic E-state index is 11.3. The average molecular weight is 292 g/mol. The van der Waals surface area contributed by atoms with Gasteiger partial charge in [-0.05, 0) is 18.2 Å². The van der Waals surface area contributed by atoms with Gasteiger partial charge in [-0.1, -0.05) is 29.3 Å². The summed E-state index contributed by atoms with van der Waals surface area (Å²) in [5, 5.41) is 5.22. The Morgan fingerprint density at radius 2 is 2.05 bits per heavy atom. The minimum atomic E-state index is 0.418. The van der Waals surface area contributed by atoms with E-state index >= 15 is 0 Å². The van der Waals surface area contributed by atoms with Gasteiger partial charge in [-0.25, -0.2) is 9.50 Å². The van der Waals surface area contributed by atoms with Gasteiger partial charge in [0.1, 0.15) is 5.69 Å². The molecule has 3 aromatic rings. The zero-order chi connectivity index (χ0) is 13.4. The van der Waals surface area contributed by atoms with Crippen molar-refractivity contribution < 1.29 is 4.79 Å². The molecule has 0 amide bonds. The Hall–Kier alpha value is -1.91. The van der Waals surface area contributed by atoms with Crippen LogP contribution >= 0.6 is 23.2 Å². The van der Waals surface area contributed by atoms with E-state index in [1.54, 1.807) is 41.2 Å². The van der Waals surface area contributed by atoms with Crippen LogP contribution in [0.15, 0.2) is 36.7 Å². The fourth-order valence-electron chi connectivity index (χ4n) is 1.87. The highest BCUT2D eigenvalue weighted by atomic mass is 35.5. The van der Waals surface area contributed by atoms with Crippen LogP contribution in [0.4, 0.5) is 0 Å². The lowest BCUT2D eigenvalue weighted by Crippen LogP contribution is -1.88. The Kier molecular flexibility index (Phi) is 2.97. The van der Waals surface area contributed by atoms with Crippen LogP contribution in [0, 0.1) is 0 Å². The maximum absolute atomic E-state index is 11.3. The molecule has 0 radical (unpaired) electrons. The molecule has 19 heavy (non-hydrogen) atoms. The van der Waals surface area contributed by atoms with Gasteiger partial charge in [0.25, 0.3) is 0 Å². The number of rotatable bonds is 2. The molecular formula is C13H7Cl2N3O. The fraction of sp³-hybridized carbons (Fsp3) is 0. The predicted octanol–water partition coefficient (Wildman–Crippen LogP) is 3.52. The molecular weight excluding hydrogens is 285 g/mol. The highest BCUT2D eigenvalue weighted by Gasteiger charge is 2.15. The topological polar surface area (TPSA) is 47.3 Å². The number of benzene rings is 1. The van der Waals surface area contributed by atoms with Crippen LogP contribution in [-0.4, -0.2) is 20.9 Å². The van der Waals surface area contributed by atoms with Crippen LogP contribution in [-0.2, 0) is 0 Å². The van der Waals surface area contributed by atoms with Gasteiger partial charge in [-0.3, -0.25) is 4.79 Å². The van der Waals surface area contributed by atoms with Gasteiger partial charge in [0.15, 0.2) is 11.9 Å². The molecule has 0 aliphatic carbocycles. The molecule has 0 saturated heterocycles. The van der Waals surface area contributed by atoms with Crippen LogP contribution in [0.3, 0.4) is 0 Å². The molecule has 2 aromatic heterocycles. The number of carbonyl (C=O) groups is 1. The van der Waals surface area contributed by atoms with Gasteiger partial charge in [0.2, 0.25) is 0 Å². The monoisotopic (exact) mass is 291 g/mol. The Balaban J connectivity index is 2.29. The summed E-state index contributed by atoms with van der Waals surface area (Å²) >= 11 is 11.9. The Morgan fingerprint density at radius 1 is 1.21 bits per heavy atom. The van der Waals surface area contributed by atoms with Crippen LogP contribution in [0.25, 0.3) is 16.9 Å². The van der Waals surface area contributed by atoms with E-state index in [4.69, 9.17) is 23.2 Å². The van der Waals surface area contributed by atoms with Crippen LogP contribution in [0.5, 0.6) is 0 Å². The first kappa shape index (κ1) is 12.1. The molecule has 0 aliphatic rings. The van der Waals surface area contributed by atoms with Gasteiger partial charge in [0.05, 0.1) is 15.6 Å². The molecule has 0 unspecified atom stereocenters. The molecule has 0 saturated carbocycles. The zero-order valence-corrected chi connectivity index (χ0v) is 11.1. The van der Waals surface area contributed by atoms with Gasteiger partial charge >= 0.3 is 0 Å². The maximum Gasteiger partial charge on any atom is 0.166 e. The van der Waals surface area contributed by atoms with E-state index in [0.717, 1.165) is 11.8 Å². The van der Waals surface area contributed by atoms with Crippen molar-refractivity contribution >= 4 is 35.1 Å². The molecule has 0 spiro atoms. The summed E-state index contributed by atoms with van der Waals surface area (Å²) in [6, 6.07) is 6.86. The predicted molar refractivity (Wildman–Crippen MR) is 73.8 cm³/mol. The largest absolute Gasteiger partial charge is 0.298 e. The molecule has 3 rings (SSSR count). The minimum absolute atomic E-state index is 0.418. The molecule has 2 heterocycles. The fourth-order valence-corrected chi connectivity index (χ4v) is 2.17. The summed E-state index contributed by atoms with van der Waals surface area (Å²) in [6.07, 6.45) is 4.09. The number of hydrogen-bond acceptors (Lipinski definition) is 3. The normalized spacial score (nSPS) is 10.8. The molecule has 0 aliphatic heterocycles. The second kappa shape index (κ2) is 4.64. The molecule has 0 bridgehead atoms. The van der Waals surface area contributed by atoms with Gasteiger partial charge < -0.3 is 0 Å². The Morgan fingerprint density at radius 3 is 2.79 bits per heavy atom. The van der Waals surface area contributed by atoms with Crippen molar-refractivity contribution in [1.29, 1.82) is 0 Å². The summed E-state index contributed by atoms with van der Waals surface area (Å²) in [5.74, 6) is 0. The lowest BCUT2D eigenvalue weighted by atomic mass is 10.1. The lowest BCUT2D eigenvalue weighted by Gasteiger charge is -2.00. The van der Waals surface area contributed by atoms with Crippen molar-refractivity contribution in [2.45, 2.75) is 0 Å². The summed E-state index contributed by atoms with van der Waals surface area (Å²) in [6.45, 7) is 0. The van der Waals surface area contributed by atoms with Crippen molar-refractivity contribution in [2.75, 3.05) is 0 Å². The smallest absolute Gasteiger partial charge is 0.166 e. The van der Waals surface area contributed by atoms with Gasteiger partial charge in [-0.15, -0.1) is 0 Å². The number of hydrogen-bond donors (Lipinski definition) is 0. The molecule has 0 atom stereocenters. The first-order valence-electron chi connectivity index (χ1n) is 5.44.